The summed E-state index contributed by atoms with van der Waals surface area (Å²) in [6, 6.07) is 22.2. The quantitative estimate of drug-likeness (QED) is 0.209. The maximum absolute atomic E-state index is 12.5. The lowest BCUT2D eigenvalue weighted by atomic mass is 10.1. The second-order valence-corrected chi connectivity index (χ2v) is 8.58. The number of nitriles is 1. The van der Waals surface area contributed by atoms with Crippen molar-refractivity contribution in [2.75, 3.05) is 5.32 Å². The standard InChI is InChI=1S/C23H16I2N2O3/c24-20-11-16(12-21(25)22(20)28)10-17(13-26)23(29)27-18-6-8-19(9-7-18)30-14-15-4-2-1-3-5-15/h1-12,28H,14H2,(H,27,29)/b17-10+. The van der Waals surface area contributed by atoms with Crippen LogP contribution in [-0.2, 0) is 11.4 Å². The van der Waals surface area contributed by atoms with Crippen LogP contribution < -0.4 is 10.1 Å². The van der Waals surface area contributed by atoms with Gasteiger partial charge in [0.05, 0.1) is 7.14 Å². The van der Waals surface area contributed by atoms with Gasteiger partial charge in [-0.3, -0.25) is 4.79 Å². The fourth-order valence-corrected chi connectivity index (χ4v) is 4.37. The lowest BCUT2D eigenvalue weighted by Gasteiger charge is -2.08. The molecule has 0 bridgehead atoms. The van der Waals surface area contributed by atoms with Crippen LogP contribution in [0, 0.1) is 18.5 Å². The Bertz CT molecular complexity index is 1100. The molecule has 30 heavy (non-hydrogen) atoms. The molecule has 0 aliphatic carbocycles. The van der Waals surface area contributed by atoms with Crippen LogP contribution >= 0.6 is 45.2 Å². The highest BCUT2D eigenvalue weighted by Gasteiger charge is 2.11. The van der Waals surface area contributed by atoms with Gasteiger partial charge in [0, 0.05) is 5.69 Å². The predicted octanol–water partition coefficient (Wildman–Crippen LogP) is 5.73. The summed E-state index contributed by atoms with van der Waals surface area (Å²) in [5.74, 6) is 0.362. The topological polar surface area (TPSA) is 82.3 Å². The number of phenolic OH excluding ortho intramolecular Hbond substituents is 1. The first-order valence-electron chi connectivity index (χ1n) is 8.84. The van der Waals surface area contributed by atoms with Crippen molar-refractivity contribution < 1.29 is 14.6 Å². The Hall–Kier alpha value is -2.58. The first-order chi connectivity index (χ1) is 14.5. The molecular formula is C23H16I2N2O3. The number of carbonyl (C=O) groups is 1. The number of carbonyl (C=O) groups excluding carboxylic acids is 1. The molecule has 7 heteroatoms. The SMILES string of the molecule is N#C/C(=C\c1cc(I)c(O)c(I)c1)C(=O)Nc1ccc(OCc2ccccc2)cc1. The minimum atomic E-state index is -0.506. The van der Waals surface area contributed by atoms with Crippen LogP contribution in [0.25, 0.3) is 6.08 Å². The molecule has 0 saturated carbocycles. The van der Waals surface area contributed by atoms with E-state index in [0.717, 1.165) is 5.56 Å². The Morgan fingerprint density at radius 2 is 1.70 bits per heavy atom. The highest BCUT2D eigenvalue weighted by molar-refractivity contribution is 14.1. The number of benzene rings is 3. The molecule has 1 amide bonds. The van der Waals surface area contributed by atoms with Crippen molar-refractivity contribution in [3.05, 3.63) is 90.6 Å². The van der Waals surface area contributed by atoms with E-state index in [0.29, 0.717) is 30.7 Å². The van der Waals surface area contributed by atoms with Gasteiger partial charge in [-0.25, -0.2) is 0 Å². The molecule has 0 unspecified atom stereocenters. The number of hydrogen-bond donors (Lipinski definition) is 2. The van der Waals surface area contributed by atoms with Crippen molar-refractivity contribution in [2.45, 2.75) is 6.61 Å². The summed E-state index contributed by atoms with van der Waals surface area (Å²) >= 11 is 4.01. The number of rotatable bonds is 6. The monoisotopic (exact) mass is 622 g/mol. The lowest BCUT2D eigenvalue weighted by molar-refractivity contribution is -0.112. The van der Waals surface area contributed by atoms with Crippen molar-refractivity contribution in [2.24, 2.45) is 0 Å². The van der Waals surface area contributed by atoms with Crippen LogP contribution in [0.2, 0.25) is 0 Å². The molecule has 0 atom stereocenters. The molecule has 3 aromatic rings. The normalized spacial score (nSPS) is 10.9. The maximum Gasteiger partial charge on any atom is 0.266 e. The maximum atomic E-state index is 12.5. The second kappa shape index (κ2) is 10.4. The van der Waals surface area contributed by atoms with Crippen molar-refractivity contribution in [3.63, 3.8) is 0 Å². The first kappa shape index (κ1) is 22.1. The molecule has 2 N–H and O–H groups in total. The fraction of sp³-hybridized carbons (Fsp3) is 0.0435. The molecule has 150 valence electrons. The Morgan fingerprint density at radius 3 is 2.30 bits per heavy atom. The summed E-state index contributed by atoms with van der Waals surface area (Å²) in [6.07, 6.45) is 1.50. The Kier molecular flexibility index (Phi) is 7.70. The first-order valence-corrected chi connectivity index (χ1v) is 11.0. The molecule has 0 aliphatic heterocycles. The van der Waals surface area contributed by atoms with E-state index < -0.39 is 5.91 Å². The van der Waals surface area contributed by atoms with Crippen LogP contribution in [0.5, 0.6) is 11.5 Å². The van der Waals surface area contributed by atoms with Crippen LogP contribution in [-0.4, -0.2) is 11.0 Å². The highest BCUT2D eigenvalue weighted by atomic mass is 127. The van der Waals surface area contributed by atoms with Crippen LogP contribution in [0.3, 0.4) is 0 Å². The van der Waals surface area contributed by atoms with E-state index in [4.69, 9.17) is 4.74 Å². The lowest BCUT2D eigenvalue weighted by Crippen LogP contribution is -2.13. The van der Waals surface area contributed by atoms with Gasteiger partial charge in [0.2, 0.25) is 0 Å². The van der Waals surface area contributed by atoms with Crippen LogP contribution in [0.4, 0.5) is 5.69 Å². The number of nitrogens with zero attached hydrogens (tertiary/aromatic N) is 1. The van der Waals surface area contributed by atoms with Gasteiger partial charge in [-0.05, 0) is 98.8 Å². The summed E-state index contributed by atoms with van der Waals surface area (Å²) in [5.41, 5.74) is 2.26. The number of ether oxygens (including phenoxy) is 1. The number of nitrogens with one attached hydrogen (secondary N) is 1. The second-order valence-electron chi connectivity index (χ2n) is 6.26. The van der Waals surface area contributed by atoms with Gasteiger partial charge in [-0.2, -0.15) is 5.26 Å². The third kappa shape index (κ3) is 5.96. The number of amides is 1. The van der Waals surface area contributed by atoms with Gasteiger partial charge in [-0.15, -0.1) is 0 Å². The van der Waals surface area contributed by atoms with Gasteiger partial charge >= 0.3 is 0 Å². The summed E-state index contributed by atoms with van der Waals surface area (Å²) in [6.45, 7) is 0.456. The smallest absolute Gasteiger partial charge is 0.266 e. The average Bonchev–Trinajstić information content (AvgIpc) is 2.76. The number of hydrogen-bond acceptors (Lipinski definition) is 4. The number of aromatic hydroxyl groups is 1. The van der Waals surface area contributed by atoms with E-state index in [9.17, 15) is 15.2 Å². The summed E-state index contributed by atoms with van der Waals surface area (Å²) in [7, 11) is 0. The Balaban J connectivity index is 1.66. The zero-order valence-corrected chi connectivity index (χ0v) is 19.9. The zero-order chi connectivity index (χ0) is 21.5. The third-order valence-corrected chi connectivity index (χ3v) is 5.72. The van der Waals surface area contributed by atoms with Crippen LogP contribution in [0.1, 0.15) is 11.1 Å². The van der Waals surface area contributed by atoms with Crippen molar-refractivity contribution >= 4 is 62.9 Å². The highest BCUT2D eigenvalue weighted by Crippen LogP contribution is 2.28. The van der Waals surface area contributed by atoms with Gasteiger partial charge in [0.15, 0.2) is 0 Å². The van der Waals surface area contributed by atoms with Gasteiger partial charge in [0.25, 0.3) is 5.91 Å². The molecule has 0 fully saturated rings. The number of phenols is 1. The predicted molar refractivity (Wildman–Crippen MR) is 133 cm³/mol. The van der Waals surface area contributed by atoms with E-state index in [1.54, 1.807) is 36.4 Å². The molecule has 3 aromatic carbocycles. The van der Waals surface area contributed by atoms with Gasteiger partial charge < -0.3 is 15.2 Å². The van der Waals surface area contributed by atoms with E-state index in [1.165, 1.54) is 6.08 Å². The fourth-order valence-electron chi connectivity index (χ4n) is 2.56. The summed E-state index contributed by atoms with van der Waals surface area (Å²) < 4.78 is 7.03. The van der Waals surface area contributed by atoms with Gasteiger partial charge in [0.1, 0.15) is 29.7 Å². The minimum Gasteiger partial charge on any atom is -0.506 e. The molecule has 0 radical (unpaired) electrons. The molecule has 0 spiro atoms. The van der Waals surface area contributed by atoms with Crippen molar-refractivity contribution in [1.82, 2.24) is 0 Å². The molecule has 0 aliphatic rings. The minimum absolute atomic E-state index is 0.0308. The molecule has 0 saturated heterocycles. The molecule has 0 heterocycles. The van der Waals surface area contributed by atoms with E-state index in [2.05, 4.69) is 5.32 Å². The molecular weight excluding hydrogens is 606 g/mol. The Labute approximate surface area is 201 Å². The summed E-state index contributed by atoms with van der Waals surface area (Å²) in [4.78, 5) is 12.5. The molecule has 3 rings (SSSR count). The van der Waals surface area contributed by atoms with E-state index in [1.807, 2.05) is 81.6 Å². The third-order valence-electron chi connectivity index (χ3n) is 4.08. The van der Waals surface area contributed by atoms with Crippen LogP contribution in [0.15, 0.2) is 72.3 Å². The largest absolute Gasteiger partial charge is 0.506 e. The molecule has 5 nitrogen and oxygen atoms in total. The average molecular weight is 622 g/mol. The number of halogens is 2. The summed E-state index contributed by atoms with van der Waals surface area (Å²) in [5, 5.41) is 22.0. The van der Waals surface area contributed by atoms with E-state index in [-0.39, 0.29) is 11.3 Å². The number of anilines is 1. The zero-order valence-electron chi connectivity index (χ0n) is 15.6. The van der Waals surface area contributed by atoms with Gasteiger partial charge in [-0.1, -0.05) is 30.3 Å². The van der Waals surface area contributed by atoms with Crippen molar-refractivity contribution in [1.29, 1.82) is 5.26 Å². The van der Waals surface area contributed by atoms with Crippen molar-refractivity contribution in [3.8, 4) is 17.6 Å². The van der Waals surface area contributed by atoms with E-state index >= 15 is 0 Å². The Morgan fingerprint density at radius 1 is 1.07 bits per heavy atom. The molecule has 0 aromatic heterocycles.